The lowest BCUT2D eigenvalue weighted by atomic mass is 10.1. The second kappa shape index (κ2) is 14.0. The fourth-order valence-corrected chi connectivity index (χ4v) is 2.88. The molecule has 9 heteroatoms. The molecule has 0 fully saturated rings. The van der Waals surface area contributed by atoms with Crippen molar-refractivity contribution in [1.82, 2.24) is 15.5 Å². The normalized spacial score (nSPS) is 11.3. The standard InChI is InChI=1S/C22H30F2N4O2.HI/c1-5-28(3)15-17-8-6-7-16(11-17)13-26-22(25-2)27-14-18-12-19(29-4)9-10-20(18)30-21(23)24;/h6-12,21H,5,13-15H2,1-4H3,(H2,25,26,27);1H. The third-order valence-corrected chi connectivity index (χ3v) is 4.60. The average molecular weight is 548 g/mol. The predicted molar refractivity (Wildman–Crippen MR) is 131 cm³/mol. The second-order valence-corrected chi connectivity index (χ2v) is 6.78. The van der Waals surface area contributed by atoms with Crippen LogP contribution in [0.5, 0.6) is 11.5 Å². The van der Waals surface area contributed by atoms with Gasteiger partial charge in [0.1, 0.15) is 11.5 Å². The topological polar surface area (TPSA) is 58.1 Å². The van der Waals surface area contributed by atoms with Crippen molar-refractivity contribution in [3.63, 3.8) is 0 Å². The first-order valence-electron chi connectivity index (χ1n) is 9.77. The smallest absolute Gasteiger partial charge is 0.387 e. The SMILES string of the molecule is CCN(C)Cc1cccc(CNC(=NC)NCc2cc(OC)ccc2OC(F)F)c1.I. The van der Waals surface area contributed by atoms with Crippen molar-refractivity contribution in [3.8, 4) is 11.5 Å². The van der Waals surface area contributed by atoms with Gasteiger partial charge in [0.05, 0.1) is 7.11 Å². The lowest BCUT2D eigenvalue weighted by Crippen LogP contribution is -2.36. The van der Waals surface area contributed by atoms with E-state index in [0.29, 0.717) is 23.8 Å². The van der Waals surface area contributed by atoms with Crippen LogP contribution in [0, 0.1) is 0 Å². The van der Waals surface area contributed by atoms with Gasteiger partial charge in [-0.15, -0.1) is 24.0 Å². The second-order valence-electron chi connectivity index (χ2n) is 6.78. The maximum atomic E-state index is 12.7. The number of hydrogen-bond donors (Lipinski definition) is 2. The van der Waals surface area contributed by atoms with Gasteiger partial charge in [-0.2, -0.15) is 8.78 Å². The van der Waals surface area contributed by atoms with Gasteiger partial charge in [0.25, 0.3) is 0 Å². The summed E-state index contributed by atoms with van der Waals surface area (Å²) in [6.45, 7) is 1.94. The largest absolute Gasteiger partial charge is 0.497 e. The van der Waals surface area contributed by atoms with Crippen LogP contribution in [0.4, 0.5) is 8.78 Å². The highest BCUT2D eigenvalue weighted by Gasteiger charge is 2.12. The highest BCUT2D eigenvalue weighted by molar-refractivity contribution is 14.0. The third kappa shape index (κ3) is 9.26. The molecule has 0 bridgehead atoms. The van der Waals surface area contributed by atoms with Crippen LogP contribution < -0.4 is 20.1 Å². The molecule has 0 aromatic heterocycles. The minimum absolute atomic E-state index is 0. The van der Waals surface area contributed by atoms with Crippen molar-refractivity contribution in [3.05, 3.63) is 59.2 Å². The average Bonchev–Trinajstić information content (AvgIpc) is 2.74. The highest BCUT2D eigenvalue weighted by atomic mass is 127. The fraction of sp³-hybridized carbons (Fsp3) is 0.409. The van der Waals surface area contributed by atoms with E-state index in [9.17, 15) is 8.78 Å². The van der Waals surface area contributed by atoms with Gasteiger partial charge in [0, 0.05) is 32.2 Å². The molecule has 0 spiro atoms. The zero-order chi connectivity index (χ0) is 21.9. The minimum atomic E-state index is -2.89. The van der Waals surface area contributed by atoms with Crippen LogP contribution >= 0.6 is 24.0 Å². The summed E-state index contributed by atoms with van der Waals surface area (Å²) in [4.78, 5) is 6.44. The van der Waals surface area contributed by atoms with Crippen LogP contribution in [0.3, 0.4) is 0 Å². The molecule has 0 saturated heterocycles. The zero-order valence-electron chi connectivity index (χ0n) is 18.3. The third-order valence-electron chi connectivity index (χ3n) is 4.60. The van der Waals surface area contributed by atoms with Crippen molar-refractivity contribution < 1.29 is 18.3 Å². The summed E-state index contributed by atoms with van der Waals surface area (Å²) in [6, 6.07) is 13.1. The van der Waals surface area contributed by atoms with E-state index in [0.717, 1.165) is 18.7 Å². The molecule has 2 aromatic rings. The molecule has 0 saturated carbocycles. The molecule has 0 heterocycles. The fourth-order valence-electron chi connectivity index (χ4n) is 2.88. The molecular weight excluding hydrogens is 517 g/mol. The first-order valence-corrected chi connectivity index (χ1v) is 9.77. The number of alkyl halides is 2. The summed E-state index contributed by atoms with van der Waals surface area (Å²) < 4.78 is 35.1. The monoisotopic (exact) mass is 548 g/mol. The summed E-state index contributed by atoms with van der Waals surface area (Å²) in [7, 11) is 5.26. The van der Waals surface area contributed by atoms with E-state index in [-0.39, 0.29) is 36.3 Å². The Morgan fingerprint density at radius 3 is 2.45 bits per heavy atom. The number of rotatable bonds is 10. The van der Waals surface area contributed by atoms with Gasteiger partial charge in [-0.3, -0.25) is 4.99 Å². The van der Waals surface area contributed by atoms with E-state index in [4.69, 9.17) is 4.74 Å². The maximum absolute atomic E-state index is 12.7. The predicted octanol–water partition coefficient (Wildman–Crippen LogP) is 4.23. The summed E-state index contributed by atoms with van der Waals surface area (Å²) in [5.74, 6) is 1.21. The number of nitrogens with one attached hydrogen (secondary N) is 2. The summed E-state index contributed by atoms with van der Waals surface area (Å²) in [6.07, 6.45) is 0. The summed E-state index contributed by atoms with van der Waals surface area (Å²) in [5, 5.41) is 6.37. The zero-order valence-corrected chi connectivity index (χ0v) is 20.7. The van der Waals surface area contributed by atoms with Gasteiger partial charge in [-0.05, 0) is 42.9 Å². The van der Waals surface area contributed by atoms with Crippen LogP contribution in [0.15, 0.2) is 47.5 Å². The van der Waals surface area contributed by atoms with E-state index in [1.165, 1.54) is 18.7 Å². The maximum Gasteiger partial charge on any atom is 0.387 e. The Balaban J connectivity index is 0.00000480. The molecule has 0 unspecified atom stereocenters. The number of hydrogen-bond acceptors (Lipinski definition) is 4. The van der Waals surface area contributed by atoms with Gasteiger partial charge < -0.3 is 25.0 Å². The van der Waals surface area contributed by atoms with Crippen molar-refractivity contribution >= 4 is 29.9 Å². The Labute approximate surface area is 200 Å². The highest BCUT2D eigenvalue weighted by Crippen LogP contribution is 2.25. The number of nitrogens with zero attached hydrogens (tertiary/aromatic N) is 2. The Bertz CT molecular complexity index is 837. The van der Waals surface area contributed by atoms with Crippen LogP contribution in [0.1, 0.15) is 23.6 Å². The molecule has 0 radical (unpaired) electrons. The van der Waals surface area contributed by atoms with E-state index < -0.39 is 6.61 Å². The lowest BCUT2D eigenvalue weighted by Gasteiger charge is -2.16. The van der Waals surface area contributed by atoms with Crippen LogP contribution in [-0.2, 0) is 19.6 Å². The van der Waals surface area contributed by atoms with Gasteiger partial charge in [-0.1, -0.05) is 31.2 Å². The molecule has 31 heavy (non-hydrogen) atoms. The Kier molecular flexibility index (Phi) is 12.2. The molecule has 2 aromatic carbocycles. The molecule has 2 N–H and O–H groups in total. The van der Waals surface area contributed by atoms with Crippen LogP contribution in [0.2, 0.25) is 0 Å². The van der Waals surface area contributed by atoms with Gasteiger partial charge >= 0.3 is 6.61 Å². The van der Waals surface area contributed by atoms with Gasteiger partial charge in [0.15, 0.2) is 5.96 Å². The van der Waals surface area contributed by atoms with Crippen molar-refractivity contribution in [2.45, 2.75) is 33.2 Å². The Morgan fingerprint density at radius 2 is 1.81 bits per heavy atom. The van der Waals surface area contributed by atoms with E-state index in [1.54, 1.807) is 19.2 Å². The number of ether oxygens (including phenoxy) is 2. The van der Waals surface area contributed by atoms with E-state index in [2.05, 4.69) is 51.4 Å². The van der Waals surface area contributed by atoms with Gasteiger partial charge in [0.2, 0.25) is 0 Å². The first kappa shape index (κ1) is 26.9. The molecule has 0 aliphatic rings. The molecule has 172 valence electrons. The molecule has 0 amide bonds. The number of benzene rings is 2. The van der Waals surface area contributed by atoms with Crippen molar-refractivity contribution in [1.29, 1.82) is 0 Å². The van der Waals surface area contributed by atoms with Gasteiger partial charge in [-0.25, -0.2) is 0 Å². The quantitative estimate of drug-likeness (QED) is 0.265. The van der Waals surface area contributed by atoms with Crippen molar-refractivity contribution in [2.75, 3.05) is 27.7 Å². The number of methoxy groups -OCH3 is 1. The molecule has 0 atom stereocenters. The van der Waals surface area contributed by atoms with E-state index >= 15 is 0 Å². The molecular formula is C22H31F2IN4O2. The minimum Gasteiger partial charge on any atom is -0.497 e. The van der Waals surface area contributed by atoms with Crippen molar-refractivity contribution in [2.24, 2.45) is 4.99 Å². The molecule has 0 aliphatic carbocycles. The lowest BCUT2D eigenvalue weighted by molar-refractivity contribution is -0.0504. The molecule has 0 aliphatic heterocycles. The number of aliphatic imine (C=N–C) groups is 1. The van der Waals surface area contributed by atoms with Crippen LogP contribution in [-0.4, -0.2) is 45.2 Å². The molecule has 6 nitrogen and oxygen atoms in total. The Hall–Kier alpha value is -2.14. The number of halogens is 3. The van der Waals surface area contributed by atoms with Crippen LogP contribution in [0.25, 0.3) is 0 Å². The first-order chi connectivity index (χ1) is 14.4. The molecule has 2 rings (SSSR count). The summed E-state index contributed by atoms with van der Waals surface area (Å²) in [5.41, 5.74) is 2.91. The Morgan fingerprint density at radius 1 is 1.10 bits per heavy atom. The van der Waals surface area contributed by atoms with E-state index in [1.807, 2.05) is 12.1 Å². The summed E-state index contributed by atoms with van der Waals surface area (Å²) >= 11 is 0. The number of guanidine groups is 1.